The zero-order valence-corrected chi connectivity index (χ0v) is 18.1. The van der Waals surface area contributed by atoms with E-state index < -0.39 is 0 Å². The number of rotatable bonds is 7. The zero-order valence-electron chi connectivity index (χ0n) is 15.7. The van der Waals surface area contributed by atoms with Crippen LogP contribution in [0.1, 0.15) is 36.9 Å². The van der Waals surface area contributed by atoms with Crippen LogP contribution in [-0.4, -0.2) is 35.6 Å². The van der Waals surface area contributed by atoms with Crippen molar-refractivity contribution in [3.05, 3.63) is 54.0 Å². The van der Waals surface area contributed by atoms with Gasteiger partial charge < -0.3 is 15.4 Å². The highest BCUT2D eigenvalue weighted by Crippen LogP contribution is 2.23. The summed E-state index contributed by atoms with van der Waals surface area (Å²) in [5, 5.41) is 6.64. The van der Waals surface area contributed by atoms with Gasteiger partial charge in [0.05, 0.1) is 0 Å². The minimum absolute atomic E-state index is 0. The molecular weight excluding hydrogens is 453 g/mol. The molecule has 7 heteroatoms. The van der Waals surface area contributed by atoms with Crippen LogP contribution in [0, 0.1) is 0 Å². The van der Waals surface area contributed by atoms with Crippen LogP contribution in [0.4, 0.5) is 0 Å². The number of hydrogen-bond donors (Lipinski definition) is 2. The molecule has 27 heavy (non-hydrogen) atoms. The maximum absolute atomic E-state index is 5.97. The number of ether oxygens (including phenoxy) is 1. The predicted molar refractivity (Wildman–Crippen MR) is 119 cm³/mol. The third-order valence-electron chi connectivity index (χ3n) is 4.47. The van der Waals surface area contributed by atoms with Crippen LogP contribution in [0.15, 0.2) is 47.7 Å². The number of aliphatic imine (C=N–C) groups is 1. The Labute approximate surface area is 178 Å². The summed E-state index contributed by atoms with van der Waals surface area (Å²) >= 11 is 0. The van der Waals surface area contributed by atoms with Crippen molar-refractivity contribution in [2.45, 2.75) is 44.8 Å². The average Bonchev–Trinajstić information content (AvgIpc) is 3.18. The Hall–Kier alpha value is -1.90. The molecule has 0 atom stereocenters. The summed E-state index contributed by atoms with van der Waals surface area (Å²) in [4.78, 5) is 12.9. The standard InChI is InChI=1S/C20H27N5O.HI/c1-21-20(24-13-10-17-6-4-5-11-22-17)25-15-16-9-12-23-19(14-16)26-18-7-2-3-8-18;/h4-6,9,11-12,14,18H,2-3,7-8,10,13,15H2,1H3,(H2,21,24,25);1H. The fraction of sp³-hybridized carbons (Fsp3) is 0.450. The van der Waals surface area contributed by atoms with E-state index in [1.165, 1.54) is 12.8 Å². The van der Waals surface area contributed by atoms with Crippen molar-refractivity contribution in [1.29, 1.82) is 0 Å². The van der Waals surface area contributed by atoms with Gasteiger partial charge in [-0.25, -0.2) is 4.98 Å². The summed E-state index contributed by atoms with van der Waals surface area (Å²) in [5.74, 6) is 1.49. The number of hydrogen-bond acceptors (Lipinski definition) is 4. The van der Waals surface area contributed by atoms with Crippen LogP contribution < -0.4 is 15.4 Å². The summed E-state index contributed by atoms with van der Waals surface area (Å²) in [7, 11) is 1.78. The second kappa shape index (κ2) is 11.7. The topological polar surface area (TPSA) is 71.4 Å². The molecule has 0 aromatic carbocycles. The highest BCUT2D eigenvalue weighted by atomic mass is 127. The molecular formula is C20H28IN5O. The lowest BCUT2D eigenvalue weighted by Crippen LogP contribution is -2.37. The summed E-state index contributed by atoms with van der Waals surface area (Å²) in [6.45, 7) is 1.45. The molecule has 0 amide bonds. The lowest BCUT2D eigenvalue weighted by atomic mass is 10.2. The summed E-state index contributed by atoms with van der Waals surface area (Å²) in [6.07, 6.45) is 9.59. The van der Waals surface area contributed by atoms with Gasteiger partial charge in [-0.05, 0) is 49.4 Å². The molecule has 0 spiro atoms. The van der Waals surface area contributed by atoms with E-state index in [-0.39, 0.29) is 24.0 Å². The molecule has 2 aromatic rings. The smallest absolute Gasteiger partial charge is 0.213 e. The van der Waals surface area contributed by atoms with Crippen molar-refractivity contribution in [1.82, 2.24) is 20.6 Å². The third kappa shape index (κ3) is 7.32. The molecule has 1 saturated carbocycles. The lowest BCUT2D eigenvalue weighted by molar-refractivity contribution is 0.201. The molecule has 1 aliphatic carbocycles. The molecule has 6 nitrogen and oxygen atoms in total. The Kier molecular flexibility index (Phi) is 9.30. The van der Waals surface area contributed by atoms with E-state index in [4.69, 9.17) is 4.74 Å². The first-order valence-electron chi connectivity index (χ1n) is 9.29. The molecule has 1 aliphatic rings. The Bertz CT molecular complexity index is 705. The second-order valence-corrected chi connectivity index (χ2v) is 6.45. The largest absolute Gasteiger partial charge is 0.474 e. The SMILES string of the molecule is CN=C(NCCc1ccccn1)NCc1ccnc(OC2CCCC2)c1.I. The number of aromatic nitrogens is 2. The average molecular weight is 481 g/mol. The van der Waals surface area contributed by atoms with Gasteiger partial charge >= 0.3 is 0 Å². The van der Waals surface area contributed by atoms with Crippen LogP contribution in [0.25, 0.3) is 0 Å². The fourth-order valence-electron chi connectivity index (χ4n) is 3.06. The Morgan fingerprint density at radius 3 is 2.74 bits per heavy atom. The summed E-state index contributed by atoms with van der Waals surface area (Å²) in [6, 6.07) is 9.96. The Balaban J connectivity index is 0.00000261. The van der Waals surface area contributed by atoms with Gasteiger partial charge in [-0.1, -0.05) is 6.07 Å². The van der Waals surface area contributed by atoms with E-state index in [0.29, 0.717) is 18.5 Å². The molecule has 1 fully saturated rings. The normalized spacial score (nSPS) is 14.5. The van der Waals surface area contributed by atoms with Gasteiger partial charge in [0.1, 0.15) is 6.10 Å². The van der Waals surface area contributed by atoms with E-state index in [1.54, 1.807) is 13.2 Å². The van der Waals surface area contributed by atoms with Crippen LogP contribution in [0.2, 0.25) is 0 Å². The van der Waals surface area contributed by atoms with E-state index in [9.17, 15) is 0 Å². The number of nitrogens with zero attached hydrogens (tertiary/aromatic N) is 3. The van der Waals surface area contributed by atoms with E-state index >= 15 is 0 Å². The minimum Gasteiger partial charge on any atom is -0.474 e. The van der Waals surface area contributed by atoms with Crippen molar-refractivity contribution >= 4 is 29.9 Å². The van der Waals surface area contributed by atoms with Crippen LogP contribution >= 0.6 is 24.0 Å². The van der Waals surface area contributed by atoms with Crippen LogP contribution in [-0.2, 0) is 13.0 Å². The molecule has 2 N–H and O–H groups in total. The number of pyridine rings is 2. The van der Waals surface area contributed by atoms with Gasteiger partial charge in [-0.2, -0.15) is 0 Å². The molecule has 3 rings (SSSR count). The predicted octanol–water partition coefficient (Wildman–Crippen LogP) is 3.32. The van der Waals surface area contributed by atoms with Crippen molar-refractivity contribution in [3.8, 4) is 5.88 Å². The number of nitrogens with one attached hydrogen (secondary N) is 2. The van der Waals surface area contributed by atoms with Gasteiger partial charge in [0.2, 0.25) is 5.88 Å². The molecule has 0 aliphatic heterocycles. The quantitative estimate of drug-likeness (QED) is 0.361. The summed E-state index contributed by atoms with van der Waals surface area (Å²) < 4.78 is 5.97. The van der Waals surface area contributed by atoms with Gasteiger partial charge in [0, 0.05) is 50.7 Å². The van der Waals surface area contributed by atoms with Crippen molar-refractivity contribution in [2.24, 2.45) is 4.99 Å². The lowest BCUT2D eigenvalue weighted by Gasteiger charge is -2.14. The van der Waals surface area contributed by atoms with Crippen molar-refractivity contribution < 1.29 is 4.74 Å². The van der Waals surface area contributed by atoms with Gasteiger partial charge in [-0.15, -0.1) is 24.0 Å². The third-order valence-corrected chi connectivity index (χ3v) is 4.47. The van der Waals surface area contributed by atoms with Gasteiger partial charge in [0.25, 0.3) is 0 Å². The summed E-state index contributed by atoms with van der Waals surface area (Å²) in [5.41, 5.74) is 2.19. The highest BCUT2D eigenvalue weighted by molar-refractivity contribution is 14.0. The zero-order chi connectivity index (χ0) is 18.0. The van der Waals surface area contributed by atoms with Crippen LogP contribution in [0.5, 0.6) is 5.88 Å². The van der Waals surface area contributed by atoms with E-state index in [1.807, 2.05) is 36.5 Å². The molecule has 0 bridgehead atoms. The second-order valence-electron chi connectivity index (χ2n) is 6.45. The number of guanidine groups is 1. The monoisotopic (exact) mass is 481 g/mol. The van der Waals surface area contributed by atoms with Crippen molar-refractivity contribution in [2.75, 3.05) is 13.6 Å². The van der Waals surface area contributed by atoms with E-state index in [2.05, 4.69) is 25.6 Å². The van der Waals surface area contributed by atoms with Crippen LogP contribution in [0.3, 0.4) is 0 Å². The van der Waals surface area contributed by atoms with Gasteiger partial charge in [-0.3, -0.25) is 9.98 Å². The first-order chi connectivity index (χ1) is 12.8. The van der Waals surface area contributed by atoms with E-state index in [0.717, 1.165) is 43.0 Å². The maximum atomic E-state index is 5.97. The molecule has 2 heterocycles. The molecule has 0 saturated heterocycles. The molecule has 146 valence electrons. The molecule has 2 aromatic heterocycles. The van der Waals surface area contributed by atoms with Crippen molar-refractivity contribution in [3.63, 3.8) is 0 Å². The molecule has 0 unspecified atom stereocenters. The number of halogens is 1. The maximum Gasteiger partial charge on any atom is 0.213 e. The first kappa shape index (κ1) is 21.4. The first-order valence-corrected chi connectivity index (χ1v) is 9.29. The minimum atomic E-state index is 0. The Morgan fingerprint density at radius 1 is 1.15 bits per heavy atom. The fourth-order valence-corrected chi connectivity index (χ4v) is 3.06. The highest BCUT2D eigenvalue weighted by Gasteiger charge is 2.17. The Morgan fingerprint density at radius 2 is 2.00 bits per heavy atom. The molecule has 0 radical (unpaired) electrons. The van der Waals surface area contributed by atoms with Gasteiger partial charge in [0.15, 0.2) is 5.96 Å².